The molecule has 3 aliphatic rings. The summed E-state index contributed by atoms with van der Waals surface area (Å²) in [5.74, 6) is 0.178. The molecule has 0 saturated carbocycles. The topological polar surface area (TPSA) is 52.7 Å². The number of likely N-dealkylation sites (tertiary alicyclic amines) is 2. The van der Waals surface area contributed by atoms with Gasteiger partial charge in [-0.1, -0.05) is 12.8 Å². The van der Waals surface area contributed by atoms with Crippen LogP contribution in [0.25, 0.3) is 0 Å². The Morgan fingerprint density at radius 1 is 0.950 bits per heavy atom. The molecule has 0 aliphatic carbocycles. The van der Waals surface area contributed by atoms with Gasteiger partial charge in [0.25, 0.3) is 0 Å². The number of piperidine rings is 1. The lowest BCUT2D eigenvalue weighted by Gasteiger charge is -2.40. The fraction of sp³-hybridized carbons (Fsp3) is 0.867. The molecule has 3 heterocycles. The first kappa shape index (κ1) is 13.7. The second-order valence-electron chi connectivity index (χ2n) is 6.62. The number of nitrogens with one attached hydrogen (secondary N) is 1. The molecule has 0 unspecified atom stereocenters. The molecule has 0 atom stereocenters. The van der Waals surface area contributed by atoms with E-state index in [0.717, 1.165) is 58.4 Å². The van der Waals surface area contributed by atoms with E-state index in [-0.39, 0.29) is 17.4 Å². The highest BCUT2D eigenvalue weighted by molar-refractivity contribution is 5.79. The normalized spacial score (nSPS) is 26.5. The van der Waals surface area contributed by atoms with Crippen LogP contribution in [0.1, 0.15) is 44.9 Å². The lowest BCUT2D eigenvalue weighted by molar-refractivity contribution is -0.119. The number of nitrogens with zero attached hydrogens (tertiary/aromatic N) is 2. The number of hydrogen-bond acceptors (Lipinski definition) is 2. The van der Waals surface area contributed by atoms with Gasteiger partial charge in [0.15, 0.2) is 0 Å². The molecule has 0 radical (unpaired) electrons. The third kappa shape index (κ3) is 2.76. The average molecular weight is 279 g/mol. The van der Waals surface area contributed by atoms with Crippen LogP contribution in [-0.4, -0.2) is 54.5 Å². The average Bonchev–Trinajstić information content (AvgIpc) is 2.69. The van der Waals surface area contributed by atoms with Gasteiger partial charge in [0.05, 0.1) is 0 Å². The molecule has 5 nitrogen and oxygen atoms in total. The van der Waals surface area contributed by atoms with Crippen LogP contribution < -0.4 is 5.32 Å². The Hall–Kier alpha value is -1.26. The molecule has 1 spiro atoms. The van der Waals surface area contributed by atoms with Crippen molar-refractivity contribution in [1.29, 1.82) is 0 Å². The third-order valence-electron chi connectivity index (χ3n) is 5.17. The molecule has 0 aromatic heterocycles. The lowest BCUT2D eigenvalue weighted by Crippen LogP contribution is -2.49. The van der Waals surface area contributed by atoms with Gasteiger partial charge in [-0.25, -0.2) is 4.79 Å². The number of hydrogen-bond donors (Lipinski definition) is 1. The van der Waals surface area contributed by atoms with Crippen LogP contribution in [0.3, 0.4) is 0 Å². The lowest BCUT2D eigenvalue weighted by atomic mass is 9.78. The van der Waals surface area contributed by atoms with E-state index >= 15 is 0 Å². The van der Waals surface area contributed by atoms with Gasteiger partial charge in [-0.05, 0) is 31.1 Å². The molecule has 3 saturated heterocycles. The first-order valence-corrected chi connectivity index (χ1v) is 7.99. The summed E-state index contributed by atoms with van der Waals surface area (Å²) in [7, 11) is 0. The van der Waals surface area contributed by atoms with Crippen molar-refractivity contribution < 1.29 is 9.59 Å². The van der Waals surface area contributed by atoms with Gasteiger partial charge in [0.1, 0.15) is 0 Å². The van der Waals surface area contributed by atoms with E-state index in [1.807, 2.05) is 9.80 Å². The van der Waals surface area contributed by atoms with Gasteiger partial charge in [-0.2, -0.15) is 0 Å². The fourth-order valence-electron chi connectivity index (χ4n) is 3.74. The first-order valence-electron chi connectivity index (χ1n) is 7.99. The largest absolute Gasteiger partial charge is 0.356 e. The van der Waals surface area contributed by atoms with E-state index < -0.39 is 0 Å². The molecule has 0 aromatic carbocycles. The summed E-state index contributed by atoms with van der Waals surface area (Å²) in [4.78, 5) is 28.0. The monoisotopic (exact) mass is 279 g/mol. The first-order chi connectivity index (χ1) is 9.69. The quantitative estimate of drug-likeness (QED) is 0.732. The molecule has 0 bridgehead atoms. The SMILES string of the molecule is O=C1CC2(CCN(C(=O)N3CCCCCC3)CC2)CN1. The molecule has 3 aliphatic heterocycles. The van der Waals surface area contributed by atoms with E-state index in [4.69, 9.17) is 0 Å². The zero-order chi connectivity index (χ0) is 14.0. The minimum atomic E-state index is 0.132. The zero-order valence-corrected chi connectivity index (χ0v) is 12.2. The van der Waals surface area contributed by atoms with Gasteiger partial charge in [0.2, 0.25) is 5.91 Å². The number of carbonyl (C=O) groups excluding carboxylic acids is 2. The maximum Gasteiger partial charge on any atom is 0.319 e. The molecule has 3 fully saturated rings. The van der Waals surface area contributed by atoms with Crippen molar-refractivity contribution >= 4 is 11.9 Å². The van der Waals surface area contributed by atoms with Gasteiger partial charge in [-0.15, -0.1) is 0 Å². The van der Waals surface area contributed by atoms with Gasteiger partial charge >= 0.3 is 6.03 Å². The van der Waals surface area contributed by atoms with Crippen molar-refractivity contribution in [3.8, 4) is 0 Å². The number of urea groups is 1. The number of amides is 3. The summed E-state index contributed by atoms with van der Waals surface area (Å²) in [6, 6.07) is 0.221. The summed E-state index contributed by atoms with van der Waals surface area (Å²) >= 11 is 0. The van der Waals surface area contributed by atoms with Crippen molar-refractivity contribution in [2.75, 3.05) is 32.7 Å². The van der Waals surface area contributed by atoms with Crippen molar-refractivity contribution in [3.63, 3.8) is 0 Å². The molecule has 5 heteroatoms. The summed E-state index contributed by atoms with van der Waals surface area (Å²) in [5.41, 5.74) is 0.132. The molecule has 1 N–H and O–H groups in total. The maximum absolute atomic E-state index is 12.5. The van der Waals surface area contributed by atoms with Crippen LogP contribution in [0.4, 0.5) is 4.79 Å². The maximum atomic E-state index is 12.5. The summed E-state index contributed by atoms with van der Waals surface area (Å²) in [6.45, 7) is 4.26. The van der Waals surface area contributed by atoms with E-state index in [9.17, 15) is 9.59 Å². The second kappa shape index (κ2) is 5.62. The summed E-state index contributed by atoms with van der Waals surface area (Å²) < 4.78 is 0. The van der Waals surface area contributed by atoms with Crippen LogP contribution in [0.15, 0.2) is 0 Å². The Morgan fingerprint density at radius 3 is 2.10 bits per heavy atom. The van der Waals surface area contributed by atoms with E-state index in [0.29, 0.717) is 6.42 Å². The Morgan fingerprint density at radius 2 is 1.55 bits per heavy atom. The standard InChI is InChI=1S/C15H25N3O2/c19-13-11-15(12-16-13)5-9-18(10-6-15)14(20)17-7-3-1-2-4-8-17/h1-12H2,(H,16,19). The van der Waals surface area contributed by atoms with Crippen molar-refractivity contribution in [2.24, 2.45) is 5.41 Å². The Kier molecular flexibility index (Phi) is 3.85. The van der Waals surface area contributed by atoms with E-state index in [2.05, 4.69) is 5.32 Å². The van der Waals surface area contributed by atoms with Crippen LogP contribution in [0, 0.1) is 5.41 Å². The Bertz CT molecular complexity index is 381. The predicted molar refractivity (Wildman–Crippen MR) is 76.3 cm³/mol. The van der Waals surface area contributed by atoms with E-state index in [1.165, 1.54) is 12.8 Å². The molecule has 112 valence electrons. The predicted octanol–water partition coefficient (Wildman–Crippen LogP) is 1.58. The number of carbonyl (C=O) groups is 2. The molecule has 3 amide bonds. The van der Waals surface area contributed by atoms with Crippen molar-refractivity contribution in [2.45, 2.75) is 44.9 Å². The summed E-state index contributed by atoms with van der Waals surface area (Å²) in [6.07, 6.45) is 7.36. The Labute approximate surface area is 120 Å². The molecular formula is C15H25N3O2. The van der Waals surface area contributed by atoms with Gasteiger partial charge in [0, 0.05) is 39.1 Å². The summed E-state index contributed by atoms with van der Waals surface area (Å²) in [5, 5.41) is 2.94. The molecule has 0 aromatic rings. The van der Waals surface area contributed by atoms with Crippen LogP contribution in [-0.2, 0) is 4.79 Å². The highest BCUT2D eigenvalue weighted by atomic mass is 16.2. The van der Waals surface area contributed by atoms with Gasteiger partial charge < -0.3 is 15.1 Å². The second-order valence-corrected chi connectivity index (χ2v) is 6.62. The Balaban J connectivity index is 1.54. The minimum Gasteiger partial charge on any atom is -0.356 e. The third-order valence-corrected chi connectivity index (χ3v) is 5.17. The van der Waals surface area contributed by atoms with E-state index in [1.54, 1.807) is 0 Å². The zero-order valence-electron chi connectivity index (χ0n) is 12.2. The van der Waals surface area contributed by atoms with Crippen LogP contribution in [0.5, 0.6) is 0 Å². The fourth-order valence-corrected chi connectivity index (χ4v) is 3.74. The molecule has 3 rings (SSSR count). The molecular weight excluding hydrogens is 254 g/mol. The smallest absolute Gasteiger partial charge is 0.319 e. The van der Waals surface area contributed by atoms with Crippen LogP contribution in [0.2, 0.25) is 0 Å². The minimum absolute atomic E-state index is 0.132. The number of rotatable bonds is 0. The van der Waals surface area contributed by atoms with Crippen LogP contribution >= 0.6 is 0 Å². The highest BCUT2D eigenvalue weighted by Gasteiger charge is 2.42. The molecule has 20 heavy (non-hydrogen) atoms. The highest BCUT2D eigenvalue weighted by Crippen LogP contribution is 2.37. The van der Waals surface area contributed by atoms with Gasteiger partial charge in [-0.3, -0.25) is 4.79 Å². The van der Waals surface area contributed by atoms with Crippen molar-refractivity contribution in [3.05, 3.63) is 0 Å². The van der Waals surface area contributed by atoms with Crippen molar-refractivity contribution in [1.82, 2.24) is 15.1 Å².